The lowest BCUT2D eigenvalue weighted by atomic mass is 10.6. The van der Waals surface area contributed by atoms with Crippen LogP contribution < -0.4 is 5.56 Å². The van der Waals surface area contributed by atoms with Gasteiger partial charge in [0.25, 0.3) is 5.56 Å². The molecule has 3 heterocycles. The maximum Gasteiger partial charge on any atom is 0.265 e. The zero-order valence-electron chi connectivity index (χ0n) is 8.72. The Bertz CT molecular complexity index is 769. The lowest BCUT2D eigenvalue weighted by Gasteiger charge is -2.01. The van der Waals surface area contributed by atoms with E-state index in [9.17, 15) is 4.79 Å². The van der Waals surface area contributed by atoms with E-state index < -0.39 is 0 Å². The van der Waals surface area contributed by atoms with Gasteiger partial charge in [0.15, 0.2) is 5.65 Å². The second kappa shape index (κ2) is 4.65. The number of aromatic nitrogens is 6. The maximum atomic E-state index is 11.5. The molecule has 0 spiro atoms. The number of aromatic amines is 2. The van der Waals surface area contributed by atoms with Crippen LogP contribution in [0.2, 0.25) is 0 Å². The fraction of sp³-hybridized carbons (Fsp3) is 0. The van der Waals surface area contributed by atoms with Gasteiger partial charge in [0, 0.05) is 0 Å². The standard InChI is InChI=1S/C9H5IN6OS/c10-4-7(17)14-3-15-8(4)18-9-5-6(12-1-11-5)13-2-16-9/h1-3H,(H,14,15,17)(H,11,12,13,16). The molecule has 0 fully saturated rings. The average Bonchev–Trinajstić information content (AvgIpc) is 2.84. The fourth-order valence-electron chi connectivity index (χ4n) is 1.35. The molecule has 2 N–H and O–H groups in total. The van der Waals surface area contributed by atoms with E-state index in [1.54, 1.807) is 6.33 Å². The van der Waals surface area contributed by atoms with Crippen molar-refractivity contribution in [3.05, 3.63) is 32.9 Å². The first-order chi connectivity index (χ1) is 8.75. The van der Waals surface area contributed by atoms with Crippen LogP contribution >= 0.6 is 34.4 Å². The number of fused-ring (bicyclic) bond motifs is 1. The van der Waals surface area contributed by atoms with Crippen molar-refractivity contribution in [2.24, 2.45) is 0 Å². The van der Waals surface area contributed by atoms with Gasteiger partial charge in [0.2, 0.25) is 0 Å². The number of hydrogen-bond donors (Lipinski definition) is 2. The normalized spacial score (nSPS) is 10.9. The Balaban J connectivity index is 2.09. The molecule has 0 aliphatic heterocycles. The van der Waals surface area contributed by atoms with Crippen LogP contribution in [0.1, 0.15) is 0 Å². The topological polar surface area (TPSA) is 100 Å². The van der Waals surface area contributed by atoms with Gasteiger partial charge in [-0.25, -0.2) is 19.9 Å². The number of halogens is 1. The van der Waals surface area contributed by atoms with Crippen molar-refractivity contribution in [3.8, 4) is 0 Å². The number of nitrogens with zero attached hydrogens (tertiary/aromatic N) is 4. The molecular formula is C9H5IN6OS. The zero-order chi connectivity index (χ0) is 12.5. The van der Waals surface area contributed by atoms with Gasteiger partial charge in [0.1, 0.15) is 25.5 Å². The second-order valence-electron chi connectivity index (χ2n) is 3.23. The van der Waals surface area contributed by atoms with Gasteiger partial charge in [-0.05, 0) is 34.4 Å². The molecule has 7 nitrogen and oxygen atoms in total. The van der Waals surface area contributed by atoms with Gasteiger partial charge in [0.05, 0.1) is 12.7 Å². The first-order valence-corrected chi connectivity index (χ1v) is 6.70. The molecule has 0 radical (unpaired) electrons. The Labute approximate surface area is 118 Å². The van der Waals surface area contributed by atoms with Gasteiger partial charge in [-0.15, -0.1) is 0 Å². The third kappa shape index (κ3) is 1.99. The van der Waals surface area contributed by atoms with Crippen molar-refractivity contribution in [2.45, 2.75) is 10.1 Å². The van der Waals surface area contributed by atoms with Crippen molar-refractivity contribution < 1.29 is 0 Å². The molecule has 0 unspecified atom stereocenters. The summed E-state index contributed by atoms with van der Waals surface area (Å²) in [6.45, 7) is 0. The highest BCUT2D eigenvalue weighted by molar-refractivity contribution is 14.1. The smallest absolute Gasteiger partial charge is 0.265 e. The van der Waals surface area contributed by atoms with E-state index in [0.29, 0.717) is 19.3 Å². The molecule has 0 atom stereocenters. The molecule has 0 aliphatic rings. The van der Waals surface area contributed by atoms with Crippen LogP contribution in [-0.2, 0) is 0 Å². The summed E-state index contributed by atoms with van der Waals surface area (Å²) in [7, 11) is 0. The maximum absolute atomic E-state index is 11.5. The van der Waals surface area contributed by atoms with Crippen LogP contribution in [0.3, 0.4) is 0 Å². The second-order valence-corrected chi connectivity index (χ2v) is 5.29. The highest BCUT2D eigenvalue weighted by atomic mass is 127. The van der Waals surface area contributed by atoms with Crippen LogP contribution in [0.5, 0.6) is 0 Å². The minimum absolute atomic E-state index is 0.164. The van der Waals surface area contributed by atoms with Crippen LogP contribution in [0.4, 0.5) is 0 Å². The fourth-order valence-corrected chi connectivity index (χ4v) is 2.80. The highest BCUT2D eigenvalue weighted by Gasteiger charge is 2.12. The summed E-state index contributed by atoms with van der Waals surface area (Å²) in [5, 5.41) is 1.29. The number of H-pyrrole nitrogens is 2. The van der Waals surface area contributed by atoms with E-state index in [0.717, 1.165) is 5.52 Å². The number of hydrogen-bond acceptors (Lipinski definition) is 6. The van der Waals surface area contributed by atoms with Gasteiger partial charge in [-0.3, -0.25) is 4.79 Å². The van der Waals surface area contributed by atoms with Crippen molar-refractivity contribution in [1.29, 1.82) is 0 Å². The quantitative estimate of drug-likeness (QED) is 0.518. The molecule has 0 bridgehead atoms. The zero-order valence-corrected chi connectivity index (χ0v) is 11.7. The predicted molar refractivity (Wildman–Crippen MR) is 73.4 cm³/mol. The Hall–Kier alpha value is -1.49. The lowest BCUT2D eigenvalue weighted by Crippen LogP contribution is -2.11. The molecule has 0 aliphatic carbocycles. The van der Waals surface area contributed by atoms with Crippen LogP contribution in [0, 0.1) is 3.57 Å². The van der Waals surface area contributed by atoms with Gasteiger partial charge >= 0.3 is 0 Å². The molecule has 0 saturated carbocycles. The summed E-state index contributed by atoms with van der Waals surface area (Å²) in [6.07, 6.45) is 4.36. The third-order valence-corrected chi connectivity index (χ3v) is 4.52. The minimum atomic E-state index is -0.164. The predicted octanol–water partition coefficient (Wildman–Crippen LogP) is 1.19. The molecule has 0 aromatic carbocycles. The first kappa shape index (κ1) is 11.6. The molecule has 90 valence electrons. The Morgan fingerprint density at radius 2 is 1.89 bits per heavy atom. The summed E-state index contributed by atoms with van der Waals surface area (Å²) >= 11 is 3.26. The molecule has 3 rings (SSSR count). The Morgan fingerprint density at radius 1 is 1.06 bits per heavy atom. The van der Waals surface area contributed by atoms with E-state index in [1.807, 2.05) is 22.6 Å². The third-order valence-electron chi connectivity index (χ3n) is 2.15. The van der Waals surface area contributed by atoms with Crippen LogP contribution in [0.15, 0.2) is 33.8 Å². The first-order valence-electron chi connectivity index (χ1n) is 4.81. The largest absolute Gasteiger partial charge is 0.341 e. The van der Waals surface area contributed by atoms with Crippen LogP contribution in [0.25, 0.3) is 11.2 Å². The average molecular weight is 372 g/mol. The molecular weight excluding hydrogens is 367 g/mol. The van der Waals surface area contributed by atoms with Gasteiger partial charge < -0.3 is 9.97 Å². The van der Waals surface area contributed by atoms with Crippen molar-refractivity contribution in [1.82, 2.24) is 29.9 Å². The summed E-state index contributed by atoms with van der Waals surface area (Å²) in [4.78, 5) is 33.3. The monoisotopic (exact) mass is 372 g/mol. The molecule has 3 aromatic heterocycles. The highest BCUT2D eigenvalue weighted by Crippen LogP contribution is 2.29. The summed E-state index contributed by atoms with van der Waals surface area (Å²) < 4.78 is 0.534. The molecule has 3 aromatic rings. The van der Waals surface area contributed by atoms with Crippen LogP contribution in [-0.4, -0.2) is 29.9 Å². The molecule has 0 saturated heterocycles. The molecule has 0 amide bonds. The lowest BCUT2D eigenvalue weighted by molar-refractivity contribution is 0.981. The van der Waals surface area contributed by atoms with Gasteiger partial charge in [-0.1, -0.05) is 0 Å². The molecule has 18 heavy (non-hydrogen) atoms. The van der Waals surface area contributed by atoms with Crippen molar-refractivity contribution in [3.63, 3.8) is 0 Å². The minimum Gasteiger partial charge on any atom is -0.341 e. The van der Waals surface area contributed by atoms with Crippen molar-refractivity contribution >= 4 is 45.5 Å². The summed E-state index contributed by atoms with van der Waals surface area (Å²) in [6, 6.07) is 0. The van der Waals surface area contributed by atoms with E-state index >= 15 is 0 Å². The van der Waals surface area contributed by atoms with Gasteiger partial charge in [-0.2, -0.15) is 0 Å². The Kier molecular flexibility index (Phi) is 2.99. The molecule has 9 heteroatoms. The van der Waals surface area contributed by atoms with E-state index in [1.165, 1.54) is 24.4 Å². The number of imidazole rings is 1. The van der Waals surface area contributed by atoms with E-state index in [2.05, 4.69) is 29.9 Å². The SMILES string of the molecule is O=c1[nH]cnc(Sc2ncnc3nc[nH]c23)c1I. The number of rotatable bonds is 2. The van der Waals surface area contributed by atoms with E-state index in [-0.39, 0.29) is 5.56 Å². The summed E-state index contributed by atoms with van der Waals surface area (Å²) in [5.74, 6) is 0. The number of nitrogens with one attached hydrogen (secondary N) is 2. The summed E-state index contributed by atoms with van der Waals surface area (Å²) in [5.41, 5.74) is 1.16. The Morgan fingerprint density at radius 3 is 2.78 bits per heavy atom. The van der Waals surface area contributed by atoms with E-state index in [4.69, 9.17) is 0 Å². The van der Waals surface area contributed by atoms with Crippen molar-refractivity contribution in [2.75, 3.05) is 0 Å².